The van der Waals surface area contributed by atoms with Gasteiger partial charge in [0.15, 0.2) is 0 Å². The second kappa shape index (κ2) is 4.05. The Bertz CT molecular complexity index is 294. The maximum atomic E-state index is 11.4. The summed E-state index contributed by atoms with van der Waals surface area (Å²) in [5.41, 5.74) is 1.36. The van der Waals surface area contributed by atoms with Crippen LogP contribution in [0, 0.1) is 0 Å². The second-order valence-corrected chi connectivity index (χ2v) is 5.18. The van der Waals surface area contributed by atoms with Crippen molar-refractivity contribution in [2.24, 2.45) is 0 Å². The van der Waals surface area contributed by atoms with Crippen molar-refractivity contribution >= 4 is 10.8 Å². The first-order valence-corrected chi connectivity index (χ1v) is 6.25. The van der Waals surface area contributed by atoms with Gasteiger partial charge in [-0.2, -0.15) is 0 Å². The van der Waals surface area contributed by atoms with E-state index in [2.05, 4.69) is 24.3 Å². The van der Waals surface area contributed by atoms with Crippen LogP contribution in [0.25, 0.3) is 0 Å². The van der Waals surface area contributed by atoms with Crippen molar-refractivity contribution in [3.8, 4) is 0 Å². The van der Waals surface area contributed by atoms with E-state index in [0.29, 0.717) is 5.92 Å². The Balaban J connectivity index is 2.13. The minimum atomic E-state index is -0.571. The fraction of sp³-hybridized carbons (Fsp3) is 0.455. The average molecular weight is 194 g/mol. The van der Waals surface area contributed by atoms with Gasteiger partial charge >= 0.3 is 0 Å². The van der Waals surface area contributed by atoms with Crippen LogP contribution < -0.4 is 0 Å². The zero-order chi connectivity index (χ0) is 9.10. The molecule has 1 nitrogen and oxygen atoms in total. The van der Waals surface area contributed by atoms with E-state index in [1.165, 1.54) is 12.0 Å². The lowest BCUT2D eigenvalue weighted by Gasteiger charge is -2.21. The Kier molecular flexibility index (Phi) is 2.79. The standard InChI is InChI=1S/C11H14OS/c12-13-8-4-7-11(9-13)10-5-2-1-3-6-10/h1-3,5-6,11H,4,7-9H2. The summed E-state index contributed by atoms with van der Waals surface area (Å²) in [7, 11) is -0.571. The Morgan fingerprint density at radius 2 is 2.00 bits per heavy atom. The zero-order valence-corrected chi connectivity index (χ0v) is 8.43. The molecule has 1 aliphatic rings. The Morgan fingerprint density at radius 3 is 2.69 bits per heavy atom. The van der Waals surface area contributed by atoms with Gasteiger partial charge in [-0.3, -0.25) is 4.21 Å². The molecule has 2 atom stereocenters. The normalized spacial score (nSPS) is 28.6. The quantitative estimate of drug-likeness (QED) is 0.670. The first-order chi connectivity index (χ1) is 6.36. The summed E-state index contributed by atoms with van der Waals surface area (Å²) in [6, 6.07) is 10.4. The summed E-state index contributed by atoms with van der Waals surface area (Å²) in [5.74, 6) is 2.31. The lowest BCUT2D eigenvalue weighted by atomic mass is 9.96. The van der Waals surface area contributed by atoms with Gasteiger partial charge in [0.1, 0.15) is 0 Å². The van der Waals surface area contributed by atoms with E-state index < -0.39 is 10.8 Å². The molecule has 1 heterocycles. The molecular weight excluding hydrogens is 180 g/mol. The van der Waals surface area contributed by atoms with E-state index in [0.717, 1.165) is 17.9 Å². The lowest BCUT2D eigenvalue weighted by Crippen LogP contribution is -2.18. The van der Waals surface area contributed by atoms with Gasteiger partial charge in [0.05, 0.1) is 0 Å². The summed E-state index contributed by atoms with van der Waals surface area (Å²) in [4.78, 5) is 0. The fourth-order valence-electron chi connectivity index (χ4n) is 1.87. The Hall–Kier alpha value is -0.630. The first-order valence-electron chi connectivity index (χ1n) is 4.76. The summed E-state index contributed by atoms with van der Waals surface area (Å²) in [5, 5.41) is 0. The van der Waals surface area contributed by atoms with Crippen LogP contribution in [0.4, 0.5) is 0 Å². The van der Waals surface area contributed by atoms with E-state index in [4.69, 9.17) is 0 Å². The van der Waals surface area contributed by atoms with Gasteiger partial charge in [0, 0.05) is 22.3 Å². The van der Waals surface area contributed by atoms with E-state index in [-0.39, 0.29) is 0 Å². The number of hydrogen-bond donors (Lipinski definition) is 0. The molecule has 1 aromatic rings. The minimum absolute atomic E-state index is 0.538. The van der Waals surface area contributed by atoms with Gasteiger partial charge in [0.25, 0.3) is 0 Å². The topological polar surface area (TPSA) is 17.1 Å². The van der Waals surface area contributed by atoms with Crippen molar-refractivity contribution < 1.29 is 4.21 Å². The predicted octanol–water partition coefficient (Wildman–Crippen LogP) is 2.31. The third kappa shape index (κ3) is 2.19. The van der Waals surface area contributed by atoms with Gasteiger partial charge in [-0.1, -0.05) is 30.3 Å². The van der Waals surface area contributed by atoms with E-state index in [1.807, 2.05) is 6.07 Å². The van der Waals surface area contributed by atoms with Crippen LogP contribution in [0.15, 0.2) is 30.3 Å². The van der Waals surface area contributed by atoms with Crippen LogP contribution in [-0.2, 0) is 10.8 Å². The molecular formula is C11H14OS. The molecule has 0 amide bonds. The summed E-state index contributed by atoms with van der Waals surface area (Å²) >= 11 is 0. The third-order valence-electron chi connectivity index (χ3n) is 2.58. The maximum Gasteiger partial charge on any atom is 0.0303 e. The monoisotopic (exact) mass is 194 g/mol. The van der Waals surface area contributed by atoms with Crippen molar-refractivity contribution in [2.75, 3.05) is 11.5 Å². The molecule has 2 rings (SSSR count). The van der Waals surface area contributed by atoms with Crippen LogP contribution in [-0.4, -0.2) is 15.7 Å². The molecule has 2 heteroatoms. The molecule has 0 N–H and O–H groups in total. The highest BCUT2D eigenvalue weighted by Crippen LogP contribution is 2.26. The largest absolute Gasteiger partial charge is 0.260 e. The zero-order valence-electron chi connectivity index (χ0n) is 7.61. The summed E-state index contributed by atoms with van der Waals surface area (Å²) in [6.45, 7) is 0. The van der Waals surface area contributed by atoms with E-state index >= 15 is 0 Å². The minimum Gasteiger partial charge on any atom is -0.260 e. The highest BCUT2D eigenvalue weighted by atomic mass is 32.2. The number of rotatable bonds is 1. The van der Waals surface area contributed by atoms with Crippen LogP contribution in [0.3, 0.4) is 0 Å². The number of hydrogen-bond acceptors (Lipinski definition) is 1. The van der Waals surface area contributed by atoms with Crippen molar-refractivity contribution in [1.29, 1.82) is 0 Å². The molecule has 0 aliphatic carbocycles. The van der Waals surface area contributed by atoms with Crippen molar-refractivity contribution in [2.45, 2.75) is 18.8 Å². The SMILES string of the molecule is O=S1CCCC(c2ccccc2)C1. The maximum absolute atomic E-state index is 11.4. The highest BCUT2D eigenvalue weighted by Gasteiger charge is 2.19. The van der Waals surface area contributed by atoms with Crippen molar-refractivity contribution in [1.82, 2.24) is 0 Å². The average Bonchev–Trinajstić information content (AvgIpc) is 2.19. The molecule has 1 saturated heterocycles. The molecule has 70 valence electrons. The van der Waals surface area contributed by atoms with Gasteiger partial charge in [-0.25, -0.2) is 0 Å². The van der Waals surface area contributed by atoms with E-state index in [9.17, 15) is 4.21 Å². The summed E-state index contributed by atoms with van der Waals surface area (Å²) in [6.07, 6.45) is 2.32. The van der Waals surface area contributed by atoms with Crippen LogP contribution in [0.1, 0.15) is 24.3 Å². The van der Waals surface area contributed by atoms with Crippen LogP contribution in [0.2, 0.25) is 0 Å². The molecule has 13 heavy (non-hydrogen) atoms. The molecule has 1 aromatic carbocycles. The second-order valence-electron chi connectivity index (χ2n) is 3.56. The van der Waals surface area contributed by atoms with Gasteiger partial charge in [-0.05, 0) is 24.3 Å². The van der Waals surface area contributed by atoms with Crippen LogP contribution >= 0.6 is 0 Å². The molecule has 1 aliphatic heterocycles. The van der Waals surface area contributed by atoms with Gasteiger partial charge < -0.3 is 0 Å². The predicted molar refractivity (Wildman–Crippen MR) is 56.3 cm³/mol. The highest BCUT2D eigenvalue weighted by molar-refractivity contribution is 7.85. The summed E-state index contributed by atoms with van der Waals surface area (Å²) < 4.78 is 11.4. The smallest absolute Gasteiger partial charge is 0.0303 e. The molecule has 0 bridgehead atoms. The number of benzene rings is 1. The molecule has 0 spiro atoms. The van der Waals surface area contributed by atoms with Crippen LogP contribution in [0.5, 0.6) is 0 Å². The van der Waals surface area contributed by atoms with Crippen molar-refractivity contribution in [3.63, 3.8) is 0 Å². The first kappa shape index (κ1) is 8.95. The van der Waals surface area contributed by atoms with Gasteiger partial charge in [0.2, 0.25) is 0 Å². The molecule has 0 saturated carbocycles. The van der Waals surface area contributed by atoms with E-state index in [1.54, 1.807) is 0 Å². The molecule has 0 aromatic heterocycles. The Morgan fingerprint density at radius 1 is 1.23 bits per heavy atom. The van der Waals surface area contributed by atoms with Crippen molar-refractivity contribution in [3.05, 3.63) is 35.9 Å². The van der Waals surface area contributed by atoms with Gasteiger partial charge in [-0.15, -0.1) is 0 Å². The molecule has 0 radical (unpaired) electrons. The molecule has 2 unspecified atom stereocenters. The fourth-order valence-corrected chi connectivity index (χ4v) is 3.33. The third-order valence-corrected chi connectivity index (χ3v) is 4.10. The molecule has 1 fully saturated rings. The lowest BCUT2D eigenvalue weighted by molar-refractivity contribution is 0.617. The Labute approximate surface area is 81.6 Å².